The minimum atomic E-state index is -1.26. The van der Waals surface area contributed by atoms with Crippen molar-refractivity contribution < 1.29 is 14.9 Å². The topological polar surface area (TPSA) is 105 Å². The lowest BCUT2D eigenvalue weighted by atomic mass is 10.2. The molecule has 1 aromatic rings. The summed E-state index contributed by atoms with van der Waals surface area (Å²) in [4.78, 5) is 25.2. The molecule has 0 aliphatic carbocycles. The minimum absolute atomic E-state index is 0.0869. The number of H-pyrrole nitrogens is 1. The molecular weight excluding hydrogens is 308 g/mol. The van der Waals surface area contributed by atoms with Gasteiger partial charge in [0.25, 0.3) is 5.56 Å². The molecule has 7 nitrogen and oxygen atoms in total. The van der Waals surface area contributed by atoms with Gasteiger partial charge < -0.3 is 14.9 Å². The lowest BCUT2D eigenvalue weighted by molar-refractivity contribution is -0.0608. The van der Waals surface area contributed by atoms with Gasteiger partial charge in [-0.1, -0.05) is 0 Å². The van der Waals surface area contributed by atoms with Crippen molar-refractivity contribution in [3.63, 3.8) is 0 Å². The van der Waals surface area contributed by atoms with Crippen molar-refractivity contribution in [1.82, 2.24) is 9.55 Å². The number of aromatic nitrogens is 2. The number of aromatic amines is 1. The highest BCUT2D eigenvalue weighted by Gasteiger charge is 2.46. The van der Waals surface area contributed by atoms with E-state index in [4.69, 9.17) is 9.84 Å². The highest BCUT2D eigenvalue weighted by Crippen LogP contribution is 2.39. The predicted octanol–water partition coefficient (Wildman–Crippen LogP) is -1.01. The number of nitrogens with zero attached hydrogens (tertiary/aromatic N) is 1. The second kappa shape index (κ2) is 4.61. The summed E-state index contributed by atoms with van der Waals surface area (Å²) in [7, 11) is 0. The lowest BCUT2D eigenvalue weighted by Gasteiger charge is -2.24. The highest BCUT2D eigenvalue weighted by atomic mass is 79.9. The number of hydrogen-bond donors (Lipinski definition) is 3. The molecule has 1 aromatic heterocycles. The van der Waals surface area contributed by atoms with Crippen molar-refractivity contribution in [3.8, 4) is 0 Å². The number of aliphatic hydroxyl groups is 2. The molecule has 0 amide bonds. The smallest absolute Gasteiger partial charge is 0.331 e. The molecule has 1 unspecified atom stereocenters. The van der Waals surface area contributed by atoms with Crippen LogP contribution in [0.5, 0.6) is 0 Å². The molecule has 3 N–H and O–H groups in total. The second-order valence-electron chi connectivity index (χ2n) is 4.24. The summed E-state index contributed by atoms with van der Waals surface area (Å²) >= 11 is 3.23. The van der Waals surface area contributed by atoms with Gasteiger partial charge >= 0.3 is 5.69 Å². The average Bonchev–Trinajstić information content (AvgIpc) is 2.59. The Kier molecular flexibility index (Phi) is 3.45. The Morgan fingerprint density at radius 2 is 2.33 bits per heavy atom. The Balaban J connectivity index is 2.47. The molecule has 1 fully saturated rings. The fourth-order valence-electron chi connectivity index (χ4n) is 1.88. The zero-order valence-electron chi connectivity index (χ0n) is 9.59. The summed E-state index contributed by atoms with van der Waals surface area (Å²) < 4.78 is 5.33. The van der Waals surface area contributed by atoms with Gasteiger partial charge in [0.15, 0.2) is 0 Å². The van der Waals surface area contributed by atoms with Crippen LogP contribution in [0.4, 0.5) is 0 Å². The van der Waals surface area contributed by atoms with Gasteiger partial charge in [0.1, 0.15) is 6.10 Å². The molecule has 100 valence electrons. The Labute approximate surface area is 110 Å². The van der Waals surface area contributed by atoms with Crippen molar-refractivity contribution in [2.45, 2.75) is 30.2 Å². The van der Waals surface area contributed by atoms with Crippen molar-refractivity contribution in [1.29, 1.82) is 0 Å². The Morgan fingerprint density at radius 1 is 1.67 bits per heavy atom. The molecule has 2 heterocycles. The molecule has 0 spiro atoms. The van der Waals surface area contributed by atoms with Crippen molar-refractivity contribution >= 4 is 15.9 Å². The number of nitrogens with one attached hydrogen (secondary N) is 1. The van der Waals surface area contributed by atoms with E-state index in [-0.39, 0.29) is 13.0 Å². The molecule has 0 aromatic carbocycles. The zero-order valence-corrected chi connectivity index (χ0v) is 11.2. The van der Waals surface area contributed by atoms with E-state index in [1.54, 1.807) is 6.92 Å². The van der Waals surface area contributed by atoms with Crippen molar-refractivity contribution in [2.75, 3.05) is 6.61 Å². The summed E-state index contributed by atoms with van der Waals surface area (Å²) in [5, 5.41) is 18.7. The van der Waals surface area contributed by atoms with Gasteiger partial charge in [0.2, 0.25) is 4.63 Å². The number of aryl methyl sites for hydroxylation is 1. The first-order valence-electron chi connectivity index (χ1n) is 5.36. The fraction of sp³-hybridized carbons (Fsp3) is 0.600. The van der Waals surface area contributed by atoms with Gasteiger partial charge in [-0.25, -0.2) is 4.79 Å². The van der Waals surface area contributed by atoms with Crippen molar-refractivity contribution in [2.24, 2.45) is 0 Å². The molecule has 18 heavy (non-hydrogen) atoms. The molecule has 8 heteroatoms. The van der Waals surface area contributed by atoms with Gasteiger partial charge in [0.05, 0.1) is 12.7 Å². The summed E-state index contributed by atoms with van der Waals surface area (Å²) in [6.07, 6.45) is -0.233. The third kappa shape index (κ3) is 2.16. The predicted molar refractivity (Wildman–Crippen MR) is 65.5 cm³/mol. The second-order valence-corrected chi connectivity index (χ2v) is 5.48. The SMILES string of the molecule is Cc1cn([C@@]2(Br)CC(O)[C@@H](CO)O2)c(=O)[nH]c1=O. The first-order chi connectivity index (χ1) is 8.37. The number of halogens is 1. The first kappa shape index (κ1) is 13.5. The van der Waals surface area contributed by atoms with E-state index in [9.17, 15) is 14.7 Å². The van der Waals surface area contributed by atoms with E-state index in [2.05, 4.69) is 20.9 Å². The van der Waals surface area contributed by atoms with E-state index in [1.807, 2.05) is 0 Å². The van der Waals surface area contributed by atoms with Crippen LogP contribution in [0, 0.1) is 6.92 Å². The molecular formula is C10H13BrN2O5. The van der Waals surface area contributed by atoms with Crippen molar-refractivity contribution in [3.05, 3.63) is 32.6 Å². The van der Waals surface area contributed by atoms with E-state index < -0.39 is 28.1 Å². The number of rotatable bonds is 2. The Morgan fingerprint density at radius 3 is 2.89 bits per heavy atom. The molecule has 2 rings (SSSR count). The molecule has 3 atom stereocenters. The lowest BCUT2D eigenvalue weighted by Crippen LogP contribution is -2.41. The van der Waals surface area contributed by atoms with Crippen LogP contribution in [0.3, 0.4) is 0 Å². The van der Waals surface area contributed by atoms with Crippen LogP contribution in [0.25, 0.3) is 0 Å². The summed E-state index contributed by atoms with van der Waals surface area (Å²) in [6.45, 7) is 1.20. The van der Waals surface area contributed by atoms with E-state index in [0.717, 1.165) is 4.57 Å². The zero-order chi connectivity index (χ0) is 13.5. The first-order valence-corrected chi connectivity index (χ1v) is 6.15. The third-order valence-corrected chi connectivity index (χ3v) is 3.77. The summed E-state index contributed by atoms with van der Waals surface area (Å²) in [6, 6.07) is 0. The molecule has 0 bridgehead atoms. The number of aliphatic hydroxyl groups excluding tert-OH is 2. The van der Waals surface area contributed by atoms with Crippen LogP contribution < -0.4 is 11.2 Å². The van der Waals surface area contributed by atoms with Crippen LogP contribution in [0.1, 0.15) is 12.0 Å². The normalized spacial score (nSPS) is 31.8. The quantitative estimate of drug-likeness (QED) is 0.606. The standard InChI is InChI=1S/C10H13BrN2O5/c1-5-3-13(9(17)12-8(5)16)10(11)2-6(15)7(4-14)18-10/h3,6-7,14-15H,2,4H2,1H3,(H,12,16,17)/t6?,7-,10+/m1/s1. The van der Waals surface area contributed by atoms with Gasteiger partial charge in [-0.15, -0.1) is 0 Å². The highest BCUT2D eigenvalue weighted by molar-refractivity contribution is 9.09. The van der Waals surface area contributed by atoms with Gasteiger partial charge in [0, 0.05) is 18.2 Å². The van der Waals surface area contributed by atoms with E-state index >= 15 is 0 Å². The van der Waals surface area contributed by atoms with Crippen LogP contribution in [0.15, 0.2) is 15.8 Å². The molecule has 1 aliphatic heterocycles. The molecule has 1 saturated heterocycles. The minimum Gasteiger partial charge on any atom is -0.394 e. The third-order valence-electron chi connectivity index (χ3n) is 2.88. The number of alkyl halides is 1. The number of ether oxygens (including phenoxy) is 1. The maximum Gasteiger partial charge on any atom is 0.331 e. The monoisotopic (exact) mass is 320 g/mol. The van der Waals surface area contributed by atoms with Crippen LogP contribution in [0.2, 0.25) is 0 Å². The average molecular weight is 321 g/mol. The molecule has 1 aliphatic rings. The maximum absolute atomic E-state index is 11.7. The fourth-order valence-corrected chi connectivity index (χ4v) is 2.71. The summed E-state index contributed by atoms with van der Waals surface area (Å²) in [5.41, 5.74) is -0.767. The van der Waals surface area contributed by atoms with Gasteiger partial charge in [-0.05, 0) is 22.9 Å². The van der Waals surface area contributed by atoms with Gasteiger partial charge in [-0.2, -0.15) is 0 Å². The largest absolute Gasteiger partial charge is 0.394 e. The molecule has 0 saturated carbocycles. The Hall–Kier alpha value is -0.960. The van der Waals surface area contributed by atoms with Crippen LogP contribution in [-0.2, 0) is 9.37 Å². The summed E-state index contributed by atoms with van der Waals surface area (Å²) in [5.74, 6) is 0. The Bertz CT molecular complexity index is 568. The molecule has 0 radical (unpaired) electrons. The van der Waals surface area contributed by atoms with E-state index in [1.165, 1.54) is 6.20 Å². The van der Waals surface area contributed by atoms with Gasteiger partial charge in [-0.3, -0.25) is 14.3 Å². The number of hydrogen-bond acceptors (Lipinski definition) is 5. The maximum atomic E-state index is 11.7. The van der Waals surface area contributed by atoms with Crippen LogP contribution in [-0.4, -0.2) is 38.6 Å². The van der Waals surface area contributed by atoms with E-state index in [0.29, 0.717) is 5.56 Å². The van der Waals surface area contributed by atoms with Crippen LogP contribution >= 0.6 is 15.9 Å².